The lowest BCUT2D eigenvalue weighted by Crippen LogP contribution is -2.57. The predicted octanol–water partition coefficient (Wildman–Crippen LogP) is 2.09. The lowest BCUT2D eigenvalue weighted by Gasteiger charge is -2.51. The van der Waals surface area contributed by atoms with Crippen molar-refractivity contribution in [3.63, 3.8) is 0 Å². The van der Waals surface area contributed by atoms with Crippen LogP contribution in [0.4, 0.5) is 8.78 Å². The third kappa shape index (κ3) is 2.30. The van der Waals surface area contributed by atoms with Crippen molar-refractivity contribution in [3.8, 4) is 0 Å². The van der Waals surface area contributed by atoms with Gasteiger partial charge in [0, 0.05) is 5.92 Å². The van der Waals surface area contributed by atoms with Gasteiger partial charge in [0.25, 0.3) is 0 Å². The molecule has 0 radical (unpaired) electrons. The fourth-order valence-corrected chi connectivity index (χ4v) is 4.36. The van der Waals surface area contributed by atoms with Crippen LogP contribution in [0.1, 0.15) is 25.7 Å². The second-order valence-electron chi connectivity index (χ2n) is 6.04. The molecular formula is C13H20F2O3S. The molecule has 19 heavy (non-hydrogen) atoms. The summed E-state index contributed by atoms with van der Waals surface area (Å²) >= 11 is 3.71. The van der Waals surface area contributed by atoms with E-state index in [1.54, 1.807) is 0 Å². The van der Waals surface area contributed by atoms with Crippen molar-refractivity contribution in [1.29, 1.82) is 0 Å². The minimum Gasteiger partial charge on any atom is -0.390 e. The van der Waals surface area contributed by atoms with Crippen LogP contribution in [0.15, 0.2) is 0 Å². The number of aliphatic hydroxyl groups excluding tert-OH is 1. The van der Waals surface area contributed by atoms with E-state index in [9.17, 15) is 13.9 Å². The zero-order chi connectivity index (χ0) is 13.6. The zero-order valence-electron chi connectivity index (χ0n) is 10.6. The van der Waals surface area contributed by atoms with Gasteiger partial charge >= 0.3 is 0 Å². The highest BCUT2D eigenvalue weighted by atomic mass is 32.1. The highest BCUT2D eigenvalue weighted by molar-refractivity contribution is 7.75. The summed E-state index contributed by atoms with van der Waals surface area (Å²) in [6.07, 6.45) is -1.76. The smallest absolute Gasteiger partial charge is 0.154 e. The van der Waals surface area contributed by atoms with Gasteiger partial charge in [-0.2, -0.15) is 0 Å². The van der Waals surface area contributed by atoms with E-state index in [-0.39, 0.29) is 24.4 Å². The number of fused-ring (bicyclic) bond motifs is 3. The van der Waals surface area contributed by atoms with Crippen molar-refractivity contribution in [1.82, 2.24) is 0 Å². The topological polar surface area (TPSA) is 38.7 Å². The highest BCUT2D eigenvalue weighted by Crippen LogP contribution is 2.48. The van der Waals surface area contributed by atoms with Crippen molar-refractivity contribution in [2.75, 3.05) is 6.61 Å². The first-order chi connectivity index (χ1) is 9.13. The molecule has 0 amide bonds. The van der Waals surface area contributed by atoms with E-state index in [2.05, 4.69) is 12.9 Å². The molecular weight excluding hydrogens is 274 g/mol. The summed E-state index contributed by atoms with van der Waals surface area (Å²) in [5, 5.41) is 9.61. The Labute approximate surface area is 117 Å². The van der Waals surface area contributed by atoms with Crippen LogP contribution in [0.2, 0.25) is 0 Å². The van der Waals surface area contributed by atoms with E-state index >= 15 is 0 Å². The fourth-order valence-electron chi connectivity index (χ4n) is 4.14. The summed E-state index contributed by atoms with van der Waals surface area (Å²) in [4.78, 5) is 0. The van der Waals surface area contributed by atoms with Crippen LogP contribution >= 0.6 is 12.9 Å². The number of alkyl halides is 2. The molecule has 0 aromatic heterocycles. The molecule has 2 saturated carbocycles. The molecule has 6 heteroatoms. The van der Waals surface area contributed by atoms with Gasteiger partial charge in [-0.1, -0.05) is 0 Å². The molecule has 3 nitrogen and oxygen atoms in total. The number of rotatable bonds is 1. The van der Waals surface area contributed by atoms with Crippen molar-refractivity contribution in [2.45, 2.75) is 56.3 Å². The Hall–Kier alpha value is 0.0900. The quantitative estimate of drug-likeness (QED) is 0.574. The summed E-state index contributed by atoms with van der Waals surface area (Å²) in [6.45, 7) is 0.198. The molecule has 1 aliphatic heterocycles. The summed E-state index contributed by atoms with van der Waals surface area (Å²) in [6, 6.07) is 0. The Morgan fingerprint density at radius 2 is 1.74 bits per heavy atom. The summed E-state index contributed by atoms with van der Waals surface area (Å²) < 4.78 is 38.8. The highest BCUT2D eigenvalue weighted by Gasteiger charge is 2.53. The normalized spacial score (nSPS) is 54.3. The van der Waals surface area contributed by atoms with Gasteiger partial charge in [-0.3, -0.25) is 0 Å². The second-order valence-corrected chi connectivity index (χ2v) is 6.26. The van der Waals surface area contributed by atoms with Crippen LogP contribution in [-0.2, 0) is 8.92 Å². The van der Waals surface area contributed by atoms with Gasteiger partial charge in [0.15, 0.2) is 6.17 Å². The first kappa shape index (κ1) is 14.0. The van der Waals surface area contributed by atoms with Crippen molar-refractivity contribution in [2.24, 2.45) is 17.8 Å². The molecule has 1 N–H and O–H groups in total. The van der Waals surface area contributed by atoms with Crippen LogP contribution in [-0.4, -0.2) is 42.4 Å². The van der Waals surface area contributed by atoms with Gasteiger partial charge in [-0.05, 0) is 50.4 Å². The minimum atomic E-state index is -1.24. The van der Waals surface area contributed by atoms with E-state index in [1.807, 2.05) is 0 Å². The largest absolute Gasteiger partial charge is 0.390 e. The SMILES string of the molecule is OC1CCC2C(COC3C(F)C(OS)CCC23)C1F. The molecule has 110 valence electrons. The maximum Gasteiger partial charge on any atom is 0.154 e. The maximum absolute atomic E-state index is 14.3. The van der Waals surface area contributed by atoms with E-state index < -0.39 is 30.7 Å². The van der Waals surface area contributed by atoms with Crippen LogP contribution in [0.25, 0.3) is 0 Å². The van der Waals surface area contributed by atoms with Gasteiger partial charge in [-0.15, -0.1) is 0 Å². The van der Waals surface area contributed by atoms with Crippen molar-refractivity contribution >= 4 is 12.9 Å². The molecule has 1 heterocycles. The average molecular weight is 294 g/mol. The van der Waals surface area contributed by atoms with E-state index in [1.165, 1.54) is 0 Å². The Morgan fingerprint density at radius 3 is 2.47 bits per heavy atom. The molecule has 0 bridgehead atoms. The number of hydrogen-bond donors (Lipinski definition) is 2. The van der Waals surface area contributed by atoms with Crippen LogP contribution in [0, 0.1) is 17.8 Å². The number of ether oxygens (including phenoxy) is 1. The average Bonchev–Trinajstić information content (AvgIpc) is 2.43. The molecule has 0 aromatic rings. The molecule has 8 unspecified atom stereocenters. The van der Waals surface area contributed by atoms with Gasteiger partial charge in [0.2, 0.25) is 0 Å². The molecule has 3 rings (SSSR count). The Bertz CT molecular complexity index is 333. The molecule has 0 aromatic carbocycles. The summed E-state index contributed by atoms with van der Waals surface area (Å²) in [5.74, 6) is -0.124. The van der Waals surface area contributed by atoms with Crippen LogP contribution in [0.3, 0.4) is 0 Å². The number of halogens is 2. The lowest BCUT2D eigenvalue weighted by atomic mass is 9.63. The van der Waals surface area contributed by atoms with Crippen LogP contribution in [0.5, 0.6) is 0 Å². The first-order valence-electron chi connectivity index (χ1n) is 7.01. The molecule has 1 saturated heterocycles. The fraction of sp³-hybridized carbons (Fsp3) is 1.00. The van der Waals surface area contributed by atoms with Crippen molar-refractivity contribution < 1.29 is 22.8 Å². The monoisotopic (exact) mass is 294 g/mol. The molecule has 2 aliphatic carbocycles. The predicted molar refractivity (Wildman–Crippen MR) is 68.3 cm³/mol. The number of aliphatic hydroxyl groups is 1. The first-order valence-corrected chi connectivity index (χ1v) is 7.38. The van der Waals surface area contributed by atoms with E-state index in [0.717, 1.165) is 12.8 Å². The standard InChI is InChI=1S/C13H20F2O3S/c14-11-8-5-17-13-7(6(8)1-3-9(11)16)2-4-10(18-19)12(13)15/h6-13,16,19H,1-5H2. The third-order valence-corrected chi connectivity index (χ3v) is 5.44. The van der Waals surface area contributed by atoms with Gasteiger partial charge in [0.1, 0.15) is 12.3 Å². The Balaban J connectivity index is 1.76. The molecule has 3 aliphatic rings. The van der Waals surface area contributed by atoms with Crippen molar-refractivity contribution in [3.05, 3.63) is 0 Å². The van der Waals surface area contributed by atoms with E-state index in [4.69, 9.17) is 8.92 Å². The Morgan fingerprint density at radius 1 is 1.00 bits per heavy atom. The van der Waals surface area contributed by atoms with Gasteiger partial charge < -0.3 is 14.0 Å². The lowest BCUT2D eigenvalue weighted by molar-refractivity contribution is -0.191. The number of hydrogen-bond acceptors (Lipinski definition) is 4. The Kier molecular flexibility index (Phi) is 4.04. The molecule has 3 fully saturated rings. The second kappa shape index (κ2) is 5.47. The molecule has 0 spiro atoms. The maximum atomic E-state index is 14.3. The van der Waals surface area contributed by atoms with Crippen LogP contribution < -0.4 is 0 Å². The van der Waals surface area contributed by atoms with E-state index in [0.29, 0.717) is 12.8 Å². The van der Waals surface area contributed by atoms with Gasteiger partial charge in [-0.25, -0.2) is 8.78 Å². The minimum absolute atomic E-state index is 0.0410. The summed E-state index contributed by atoms with van der Waals surface area (Å²) in [5.41, 5.74) is 0. The number of thiol groups is 1. The van der Waals surface area contributed by atoms with Gasteiger partial charge in [0.05, 0.1) is 18.8 Å². The third-order valence-electron chi connectivity index (χ3n) is 5.16. The summed E-state index contributed by atoms with van der Waals surface area (Å²) in [7, 11) is 0. The molecule has 8 atom stereocenters. The zero-order valence-corrected chi connectivity index (χ0v) is 11.5.